The van der Waals surface area contributed by atoms with Crippen LogP contribution in [-0.2, 0) is 4.74 Å². The highest BCUT2D eigenvalue weighted by atomic mass is 127. The summed E-state index contributed by atoms with van der Waals surface area (Å²) >= 11 is 1.94. The van der Waals surface area contributed by atoms with E-state index < -0.39 is 39.7 Å². The van der Waals surface area contributed by atoms with E-state index in [-0.39, 0.29) is 17.9 Å². The van der Waals surface area contributed by atoms with Gasteiger partial charge >= 0.3 is 0 Å². The molecule has 0 aromatic heterocycles. The lowest BCUT2D eigenvalue weighted by Crippen LogP contribution is -2.99. The molecule has 1 aliphatic carbocycles. The predicted molar refractivity (Wildman–Crippen MR) is 113 cm³/mol. The second-order valence-electron chi connectivity index (χ2n) is 7.96. The number of hydrogen-bond acceptors (Lipinski definition) is 12. The number of nitrogens with one attached hydrogen (secondary N) is 2. The van der Waals surface area contributed by atoms with Gasteiger partial charge in [-0.2, -0.15) is 0 Å². The SMILES string of the molecule is CCC(OC)C(N)(NI)C1(C)CNC2(N)C(N)(N)C(N)=C(N)C(N)(N)C12N. The molecule has 0 amide bonds. The van der Waals surface area contributed by atoms with E-state index in [0.717, 1.165) is 0 Å². The molecule has 27 heavy (non-hydrogen) atoms. The Bertz CT molecular complexity index is 653. The molecule has 0 saturated carbocycles. The van der Waals surface area contributed by atoms with Gasteiger partial charge in [0.05, 0.1) is 23.0 Å². The van der Waals surface area contributed by atoms with E-state index in [1.54, 1.807) is 14.0 Å². The maximum absolute atomic E-state index is 6.95. The van der Waals surface area contributed by atoms with Crippen molar-refractivity contribution in [2.24, 2.45) is 57.0 Å². The van der Waals surface area contributed by atoms with E-state index in [1.165, 1.54) is 0 Å². The first kappa shape index (κ1) is 23.0. The van der Waals surface area contributed by atoms with Crippen LogP contribution in [0.4, 0.5) is 0 Å². The molecule has 0 aromatic carbocycles. The molecule has 13 heteroatoms. The molecule has 12 nitrogen and oxygen atoms in total. The van der Waals surface area contributed by atoms with Crippen LogP contribution in [0.3, 0.4) is 0 Å². The Morgan fingerprint density at radius 3 is 2.04 bits per heavy atom. The van der Waals surface area contributed by atoms with Crippen molar-refractivity contribution < 1.29 is 4.74 Å². The lowest BCUT2D eigenvalue weighted by atomic mass is 9.50. The lowest BCUT2D eigenvalue weighted by Gasteiger charge is -2.66. The second-order valence-corrected chi connectivity index (χ2v) is 8.50. The summed E-state index contributed by atoms with van der Waals surface area (Å²) in [6.45, 7) is 3.89. The fourth-order valence-corrected chi connectivity index (χ4v) is 5.77. The highest BCUT2D eigenvalue weighted by Crippen LogP contribution is 2.56. The number of methoxy groups -OCH3 is 1. The fraction of sp³-hybridized carbons (Fsp3) is 0.857. The van der Waals surface area contributed by atoms with Crippen LogP contribution >= 0.6 is 22.9 Å². The van der Waals surface area contributed by atoms with E-state index in [2.05, 4.69) is 8.85 Å². The average molecular weight is 499 g/mol. The zero-order valence-corrected chi connectivity index (χ0v) is 18.1. The Balaban J connectivity index is 2.89. The molecular formula is C14H34IN11O. The molecule has 1 heterocycles. The molecule has 20 N–H and O–H groups in total. The third-order valence-corrected chi connectivity index (χ3v) is 7.82. The quantitative estimate of drug-likeness (QED) is 0.0968. The van der Waals surface area contributed by atoms with Gasteiger partial charge in [0, 0.05) is 41.9 Å². The first-order valence-corrected chi connectivity index (χ1v) is 9.62. The van der Waals surface area contributed by atoms with Gasteiger partial charge in [-0.1, -0.05) is 13.8 Å². The maximum Gasteiger partial charge on any atom is 0.140 e. The molecule has 1 saturated heterocycles. The summed E-state index contributed by atoms with van der Waals surface area (Å²) < 4.78 is 8.73. The van der Waals surface area contributed by atoms with Gasteiger partial charge in [-0.15, -0.1) is 0 Å². The summed E-state index contributed by atoms with van der Waals surface area (Å²) in [5.74, 6) is 0. The smallest absolute Gasteiger partial charge is 0.140 e. The number of halogens is 1. The van der Waals surface area contributed by atoms with E-state index >= 15 is 0 Å². The molecule has 0 spiro atoms. The Morgan fingerprint density at radius 1 is 1.15 bits per heavy atom. The van der Waals surface area contributed by atoms with Gasteiger partial charge in [0.25, 0.3) is 0 Å². The highest BCUT2D eigenvalue weighted by Gasteiger charge is 2.82. The van der Waals surface area contributed by atoms with Crippen LogP contribution in [-0.4, -0.2) is 47.9 Å². The summed E-state index contributed by atoms with van der Waals surface area (Å²) in [4.78, 5) is 0. The van der Waals surface area contributed by atoms with Crippen molar-refractivity contribution in [2.45, 2.75) is 54.6 Å². The monoisotopic (exact) mass is 499 g/mol. The zero-order chi connectivity index (χ0) is 21.3. The van der Waals surface area contributed by atoms with Crippen LogP contribution in [0, 0.1) is 5.41 Å². The van der Waals surface area contributed by atoms with Crippen molar-refractivity contribution >= 4 is 22.9 Å². The normalized spacial score (nSPS) is 41.1. The molecule has 1 fully saturated rings. The summed E-state index contributed by atoms with van der Waals surface area (Å²) in [6.07, 6.45) is 0.0901. The van der Waals surface area contributed by atoms with Crippen LogP contribution in [0.2, 0.25) is 0 Å². The molecule has 1 aliphatic heterocycles. The van der Waals surface area contributed by atoms with Gasteiger partial charge in [0.15, 0.2) is 0 Å². The number of ether oxygens (including phenoxy) is 1. The molecule has 158 valence electrons. The van der Waals surface area contributed by atoms with Crippen LogP contribution in [0.1, 0.15) is 20.3 Å². The van der Waals surface area contributed by atoms with Gasteiger partial charge in [0.1, 0.15) is 22.7 Å². The van der Waals surface area contributed by atoms with Crippen molar-refractivity contribution in [1.29, 1.82) is 0 Å². The summed E-state index contributed by atoms with van der Waals surface area (Å²) in [6, 6.07) is 0. The van der Waals surface area contributed by atoms with Gasteiger partial charge in [-0.3, -0.25) is 5.32 Å². The standard InChI is InChI=1S/C14H34IN11O/c1-4-6(27-3)12(22,26-15)9(2)5-25-14(24)11(20,21)8(17)7(16)10(18,19)13(9,14)23/h6,25-26H,4-5,16-24H2,1-3H3. The first-order valence-electron chi connectivity index (χ1n) is 8.54. The second kappa shape index (κ2) is 6.33. The van der Waals surface area contributed by atoms with Crippen LogP contribution in [0.25, 0.3) is 0 Å². The third-order valence-electron chi connectivity index (χ3n) is 6.93. The van der Waals surface area contributed by atoms with Crippen molar-refractivity contribution in [1.82, 2.24) is 8.85 Å². The van der Waals surface area contributed by atoms with E-state index in [9.17, 15) is 0 Å². The summed E-state index contributed by atoms with van der Waals surface area (Å²) in [7, 11) is 1.55. The summed E-state index contributed by atoms with van der Waals surface area (Å²) in [5, 5.41) is 3.10. The van der Waals surface area contributed by atoms with Crippen LogP contribution < -0.4 is 60.4 Å². The van der Waals surface area contributed by atoms with Crippen molar-refractivity contribution in [3.63, 3.8) is 0 Å². The average Bonchev–Trinajstić information content (AvgIpc) is 2.85. The number of nitrogens with two attached hydrogens (primary N) is 9. The van der Waals surface area contributed by atoms with Crippen molar-refractivity contribution in [2.75, 3.05) is 13.7 Å². The van der Waals surface area contributed by atoms with Gasteiger partial charge < -0.3 is 56.3 Å². The van der Waals surface area contributed by atoms with E-state index in [0.29, 0.717) is 6.42 Å². The van der Waals surface area contributed by atoms with Gasteiger partial charge in [-0.25, -0.2) is 3.53 Å². The van der Waals surface area contributed by atoms with Gasteiger partial charge in [0.2, 0.25) is 0 Å². The molecule has 5 unspecified atom stereocenters. The Morgan fingerprint density at radius 2 is 1.63 bits per heavy atom. The minimum Gasteiger partial charge on any atom is -0.398 e. The van der Waals surface area contributed by atoms with Crippen LogP contribution in [0.5, 0.6) is 0 Å². The van der Waals surface area contributed by atoms with Crippen LogP contribution in [0.15, 0.2) is 11.4 Å². The van der Waals surface area contributed by atoms with E-state index in [1.807, 2.05) is 29.8 Å². The predicted octanol–water partition coefficient (Wildman–Crippen LogP) is -4.66. The fourth-order valence-electron chi connectivity index (χ4n) is 4.82. The number of rotatable bonds is 5. The molecule has 2 rings (SSSR count). The highest BCUT2D eigenvalue weighted by molar-refractivity contribution is 14.1. The zero-order valence-electron chi connectivity index (χ0n) is 16.0. The van der Waals surface area contributed by atoms with E-state index in [4.69, 9.17) is 56.3 Å². The molecular weight excluding hydrogens is 465 g/mol. The molecule has 0 aromatic rings. The maximum atomic E-state index is 6.95. The number of hydrogen-bond donors (Lipinski definition) is 11. The Labute approximate surface area is 173 Å². The summed E-state index contributed by atoms with van der Waals surface area (Å²) in [5.41, 5.74) is 48.5. The first-order chi connectivity index (χ1) is 12.1. The lowest BCUT2D eigenvalue weighted by molar-refractivity contribution is -0.0886. The Kier molecular flexibility index (Phi) is 5.38. The van der Waals surface area contributed by atoms with Crippen molar-refractivity contribution in [3.8, 4) is 0 Å². The molecule has 5 atom stereocenters. The number of fused-ring (bicyclic) bond motifs is 1. The molecule has 0 bridgehead atoms. The topological polar surface area (TPSA) is 267 Å². The largest absolute Gasteiger partial charge is 0.398 e. The molecule has 0 radical (unpaired) electrons. The molecule has 2 aliphatic rings. The third kappa shape index (κ3) is 2.21. The minimum atomic E-state index is -1.88. The Hall–Kier alpha value is -0.330. The minimum absolute atomic E-state index is 0.128. The van der Waals surface area contributed by atoms with Gasteiger partial charge in [-0.05, 0) is 6.42 Å². The van der Waals surface area contributed by atoms with Crippen molar-refractivity contribution in [3.05, 3.63) is 11.4 Å².